The maximum absolute atomic E-state index is 3.82. The van der Waals surface area contributed by atoms with Crippen molar-refractivity contribution in [2.75, 3.05) is 5.32 Å². The van der Waals surface area contributed by atoms with Crippen molar-refractivity contribution in [3.05, 3.63) is 36.9 Å². The van der Waals surface area contributed by atoms with Gasteiger partial charge >= 0.3 is 0 Å². The fourth-order valence-electron chi connectivity index (χ4n) is 2.14. The van der Waals surface area contributed by atoms with Crippen LogP contribution in [0.3, 0.4) is 0 Å². The van der Waals surface area contributed by atoms with Crippen LogP contribution in [0, 0.1) is 5.92 Å². The van der Waals surface area contributed by atoms with E-state index >= 15 is 0 Å². The van der Waals surface area contributed by atoms with E-state index in [0.29, 0.717) is 12.0 Å². The van der Waals surface area contributed by atoms with Crippen molar-refractivity contribution in [3.63, 3.8) is 0 Å². The zero-order valence-electron chi connectivity index (χ0n) is 11.2. The van der Waals surface area contributed by atoms with Crippen molar-refractivity contribution in [2.24, 2.45) is 5.92 Å². The quantitative estimate of drug-likeness (QED) is 0.878. The van der Waals surface area contributed by atoms with E-state index in [1.54, 1.807) is 12.7 Å². The summed E-state index contributed by atoms with van der Waals surface area (Å²) in [4.78, 5) is 0. The molecular weight excluding hydrogens is 224 g/mol. The molecule has 0 aliphatic heterocycles. The molecule has 1 N–H and O–H groups in total. The Morgan fingerprint density at radius 1 is 1.17 bits per heavy atom. The van der Waals surface area contributed by atoms with Gasteiger partial charge in [-0.15, -0.1) is 10.2 Å². The number of anilines is 1. The molecule has 1 unspecified atom stereocenters. The first kappa shape index (κ1) is 12.6. The normalized spacial score (nSPS) is 12.7. The summed E-state index contributed by atoms with van der Waals surface area (Å²) in [7, 11) is 0. The number of hydrogen-bond donors (Lipinski definition) is 1. The van der Waals surface area contributed by atoms with Gasteiger partial charge in [0.25, 0.3) is 0 Å². The van der Waals surface area contributed by atoms with Gasteiger partial charge in [0.1, 0.15) is 12.7 Å². The van der Waals surface area contributed by atoms with Crippen molar-refractivity contribution in [1.82, 2.24) is 14.8 Å². The standard InChI is InChI=1S/C14H20N4/c1-11(2)7-12(3)17-13-5-4-6-14(8-13)18-9-15-16-10-18/h4-6,8-12,17H,7H2,1-3H3. The summed E-state index contributed by atoms with van der Waals surface area (Å²) in [6, 6.07) is 8.76. The zero-order valence-corrected chi connectivity index (χ0v) is 11.2. The summed E-state index contributed by atoms with van der Waals surface area (Å²) in [5.74, 6) is 0.702. The minimum absolute atomic E-state index is 0.473. The Bertz CT molecular complexity index is 476. The number of rotatable bonds is 5. The molecule has 0 aliphatic carbocycles. The molecule has 2 rings (SSSR count). The van der Waals surface area contributed by atoms with E-state index in [4.69, 9.17) is 0 Å². The maximum atomic E-state index is 3.82. The molecule has 0 amide bonds. The van der Waals surface area contributed by atoms with Crippen LogP contribution in [0.25, 0.3) is 5.69 Å². The molecule has 0 radical (unpaired) electrons. The Hall–Kier alpha value is -1.84. The van der Waals surface area contributed by atoms with Crippen molar-refractivity contribution < 1.29 is 0 Å². The second-order valence-electron chi connectivity index (χ2n) is 5.09. The lowest BCUT2D eigenvalue weighted by Gasteiger charge is -2.17. The molecule has 0 fully saturated rings. The highest BCUT2D eigenvalue weighted by molar-refractivity contribution is 5.51. The summed E-state index contributed by atoms with van der Waals surface area (Å²) >= 11 is 0. The predicted molar refractivity (Wildman–Crippen MR) is 73.9 cm³/mol. The van der Waals surface area contributed by atoms with Crippen LogP contribution in [0.15, 0.2) is 36.9 Å². The molecule has 0 saturated carbocycles. The molecule has 18 heavy (non-hydrogen) atoms. The van der Waals surface area contributed by atoms with Crippen LogP contribution in [0.2, 0.25) is 0 Å². The molecule has 0 saturated heterocycles. The Labute approximate surface area is 108 Å². The SMILES string of the molecule is CC(C)CC(C)Nc1cccc(-n2cnnc2)c1. The van der Waals surface area contributed by atoms with E-state index in [9.17, 15) is 0 Å². The highest BCUT2D eigenvalue weighted by atomic mass is 15.2. The van der Waals surface area contributed by atoms with Gasteiger partial charge in [0.05, 0.1) is 5.69 Å². The summed E-state index contributed by atoms with van der Waals surface area (Å²) in [5, 5.41) is 11.2. The van der Waals surface area contributed by atoms with Gasteiger partial charge < -0.3 is 5.32 Å². The Morgan fingerprint density at radius 3 is 2.56 bits per heavy atom. The number of nitrogens with one attached hydrogen (secondary N) is 1. The Balaban J connectivity index is 2.08. The van der Waals surface area contributed by atoms with Gasteiger partial charge in [0.15, 0.2) is 0 Å². The highest BCUT2D eigenvalue weighted by Gasteiger charge is 2.05. The first-order valence-corrected chi connectivity index (χ1v) is 6.36. The molecule has 1 heterocycles. The number of aromatic nitrogens is 3. The van der Waals surface area contributed by atoms with Crippen LogP contribution in [0.5, 0.6) is 0 Å². The molecule has 1 aromatic heterocycles. The molecule has 4 heteroatoms. The average molecular weight is 244 g/mol. The van der Waals surface area contributed by atoms with E-state index in [2.05, 4.69) is 48.4 Å². The smallest absolute Gasteiger partial charge is 0.123 e. The lowest BCUT2D eigenvalue weighted by molar-refractivity contribution is 0.540. The molecule has 4 nitrogen and oxygen atoms in total. The molecule has 96 valence electrons. The van der Waals surface area contributed by atoms with Crippen LogP contribution in [-0.2, 0) is 0 Å². The molecular formula is C14H20N4. The Morgan fingerprint density at radius 2 is 1.89 bits per heavy atom. The molecule has 0 aliphatic rings. The van der Waals surface area contributed by atoms with Crippen LogP contribution in [0.4, 0.5) is 5.69 Å². The van der Waals surface area contributed by atoms with Crippen molar-refractivity contribution in [2.45, 2.75) is 33.2 Å². The predicted octanol–water partition coefficient (Wildman–Crippen LogP) is 3.11. The minimum Gasteiger partial charge on any atom is -0.383 e. The fourth-order valence-corrected chi connectivity index (χ4v) is 2.14. The Kier molecular flexibility index (Phi) is 3.97. The van der Waals surface area contributed by atoms with Crippen LogP contribution in [0.1, 0.15) is 27.2 Å². The first-order valence-electron chi connectivity index (χ1n) is 6.36. The van der Waals surface area contributed by atoms with Crippen LogP contribution < -0.4 is 5.32 Å². The van der Waals surface area contributed by atoms with Gasteiger partial charge in [0.2, 0.25) is 0 Å². The molecule has 0 spiro atoms. The summed E-state index contributed by atoms with van der Waals surface area (Å²) < 4.78 is 1.90. The second-order valence-corrected chi connectivity index (χ2v) is 5.09. The highest BCUT2D eigenvalue weighted by Crippen LogP contribution is 2.16. The zero-order chi connectivity index (χ0) is 13.0. The van der Waals surface area contributed by atoms with Crippen molar-refractivity contribution in [1.29, 1.82) is 0 Å². The van der Waals surface area contributed by atoms with E-state index < -0.39 is 0 Å². The van der Waals surface area contributed by atoms with Gasteiger partial charge in [0, 0.05) is 11.7 Å². The van der Waals surface area contributed by atoms with E-state index in [-0.39, 0.29) is 0 Å². The largest absolute Gasteiger partial charge is 0.383 e. The lowest BCUT2D eigenvalue weighted by atomic mass is 10.1. The summed E-state index contributed by atoms with van der Waals surface area (Å²) in [5.41, 5.74) is 2.20. The third kappa shape index (κ3) is 3.32. The van der Waals surface area contributed by atoms with E-state index in [0.717, 1.165) is 17.8 Å². The summed E-state index contributed by atoms with van der Waals surface area (Å²) in [6.07, 6.45) is 4.57. The fraction of sp³-hybridized carbons (Fsp3) is 0.429. The topological polar surface area (TPSA) is 42.7 Å². The number of benzene rings is 1. The van der Waals surface area contributed by atoms with E-state index in [1.807, 2.05) is 16.7 Å². The third-order valence-electron chi connectivity index (χ3n) is 2.80. The number of nitrogens with zero attached hydrogens (tertiary/aromatic N) is 3. The van der Waals surface area contributed by atoms with Crippen molar-refractivity contribution >= 4 is 5.69 Å². The van der Waals surface area contributed by atoms with Gasteiger partial charge in [-0.05, 0) is 37.5 Å². The van der Waals surface area contributed by atoms with E-state index in [1.165, 1.54) is 0 Å². The minimum atomic E-state index is 0.473. The number of hydrogen-bond acceptors (Lipinski definition) is 3. The van der Waals surface area contributed by atoms with Crippen LogP contribution in [-0.4, -0.2) is 20.8 Å². The van der Waals surface area contributed by atoms with Gasteiger partial charge in [-0.1, -0.05) is 19.9 Å². The van der Waals surface area contributed by atoms with Gasteiger partial charge in [-0.2, -0.15) is 0 Å². The lowest BCUT2D eigenvalue weighted by Crippen LogP contribution is -2.17. The molecule has 0 bridgehead atoms. The third-order valence-corrected chi connectivity index (χ3v) is 2.80. The molecule has 2 aromatic rings. The molecule has 1 aromatic carbocycles. The molecule has 1 atom stereocenters. The van der Waals surface area contributed by atoms with Crippen LogP contribution >= 0.6 is 0 Å². The average Bonchev–Trinajstić information content (AvgIpc) is 2.81. The van der Waals surface area contributed by atoms with Gasteiger partial charge in [-0.25, -0.2) is 0 Å². The van der Waals surface area contributed by atoms with Crippen molar-refractivity contribution in [3.8, 4) is 5.69 Å². The maximum Gasteiger partial charge on any atom is 0.123 e. The second kappa shape index (κ2) is 5.67. The monoisotopic (exact) mass is 244 g/mol. The first-order chi connectivity index (χ1) is 8.65. The van der Waals surface area contributed by atoms with Gasteiger partial charge in [-0.3, -0.25) is 4.57 Å². The summed E-state index contributed by atoms with van der Waals surface area (Å²) in [6.45, 7) is 6.70.